The summed E-state index contributed by atoms with van der Waals surface area (Å²) in [5, 5.41) is 0. The molecular weight excluding hydrogens is 180 g/mol. The van der Waals surface area contributed by atoms with E-state index in [0.29, 0.717) is 18.8 Å². The first-order valence-corrected chi connectivity index (χ1v) is 4.74. The maximum atomic E-state index is 10.9. The number of carbonyl (C=O) groups excluding carboxylic acids is 1. The number of hydrogen-bond donors (Lipinski definition) is 0. The first-order chi connectivity index (χ1) is 6.68. The SMILES string of the molecule is C=C(C)C(=O)OCCCCOC=CC. The molecule has 0 rings (SSSR count). The number of allylic oxidation sites excluding steroid dienone is 1. The van der Waals surface area contributed by atoms with Gasteiger partial charge in [0.1, 0.15) is 0 Å². The summed E-state index contributed by atoms with van der Waals surface area (Å²) in [4.78, 5) is 10.9. The number of esters is 1. The van der Waals surface area contributed by atoms with Gasteiger partial charge < -0.3 is 9.47 Å². The van der Waals surface area contributed by atoms with Gasteiger partial charge in [0.2, 0.25) is 0 Å². The number of rotatable bonds is 7. The van der Waals surface area contributed by atoms with Gasteiger partial charge in [-0.25, -0.2) is 4.79 Å². The maximum absolute atomic E-state index is 10.9. The second kappa shape index (κ2) is 8.35. The molecule has 0 aromatic heterocycles. The summed E-state index contributed by atoms with van der Waals surface area (Å²) >= 11 is 0. The minimum absolute atomic E-state index is 0.320. The highest BCUT2D eigenvalue weighted by Gasteiger charge is 2.01. The van der Waals surface area contributed by atoms with Gasteiger partial charge in [-0.1, -0.05) is 12.7 Å². The Kier molecular flexibility index (Phi) is 7.61. The van der Waals surface area contributed by atoms with Crippen LogP contribution in [-0.2, 0) is 14.3 Å². The molecule has 0 saturated carbocycles. The molecule has 80 valence electrons. The molecule has 0 bridgehead atoms. The molecule has 0 aliphatic heterocycles. The topological polar surface area (TPSA) is 35.5 Å². The van der Waals surface area contributed by atoms with Gasteiger partial charge in [0.25, 0.3) is 0 Å². The van der Waals surface area contributed by atoms with Crippen molar-refractivity contribution in [2.45, 2.75) is 26.7 Å². The van der Waals surface area contributed by atoms with Crippen molar-refractivity contribution < 1.29 is 14.3 Å². The van der Waals surface area contributed by atoms with E-state index in [1.165, 1.54) is 0 Å². The maximum Gasteiger partial charge on any atom is 0.333 e. The van der Waals surface area contributed by atoms with Crippen LogP contribution in [0.25, 0.3) is 0 Å². The standard InChI is InChI=1S/C11H18O3/c1-4-7-13-8-5-6-9-14-11(12)10(2)3/h4,7H,2,5-6,8-9H2,1,3H3. The van der Waals surface area contributed by atoms with Crippen molar-refractivity contribution in [3.05, 3.63) is 24.5 Å². The Hall–Kier alpha value is -1.25. The highest BCUT2D eigenvalue weighted by molar-refractivity contribution is 5.86. The zero-order valence-electron chi connectivity index (χ0n) is 8.91. The molecule has 0 unspecified atom stereocenters. The van der Waals surface area contributed by atoms with Crippen LogP contribution in [-0.4, -0.2) is 19.2 Å². The summed E-state index contributed by atoms with van der Waals surface area (Å²) in [6.07, 6.45) is 5.19. The van der Waals surface area contributed by atoms with Gasteiger partial charge in [0, 0.05) is 5.57 Å². The summed E-state index contributed by atoms with van der Waals surface area (Å²) in [5.41, 5.74) is 0.440. The molecule has 0 aliphatic carbocycles. The summed E-state index contributed by atoms with van der Waals surface area (Å²) < 4.78 is 10.00. The number of carbonyl (C=O) groups is 1. The summed E-state index contributed by atoms with van der Waals surface area (Å²) in [7, 11) is 0. The first-order valence-electron chi connectivity index (χ1n) is 4.74. The Labute approximate surface area is 85.4 Å². The van der Waals surface area contributed by atoms with Gasteiger partial charge in [0.15, 0.2) is 0 Å². The second-order valence-electron chi connectivity index (χ2n) is 2.96. The van der Waals surface area contributed by atoms with Crippen molar-refractivity contribution in [2.24, 2.45) is 0 Å². The Morgan fingerprint density at radius 1 is 1.36 bits per heavy atom. The molecule has 0 spiro atoms. The zero-order valence-corrected chi connectivity index (χ0v) is 8.91. The molecule has 3 nitrogen and oxygen atoms in total. The molecule has 0 N–H and O–H groups in total. The van der Waals surface area contributed by atoms with Crippen LogP contribution < -0.4 is 0 Å². The third-order valence-corrected chi connectivity index (χ3v) is 1.47. The summed E-state index contributed by atoms with van der Waals surface area (Å²) in [6.45, 7) is 8.12. The van der Waals surface area contributed by atoms with Crippen LogP contribution in [0, 0.1) is 0 Å². The van der Waals surface area contributed by atoms with Crippen LogP contribution in [0.4, 0.5) is 0 Å². The Bertz CT molecular complexity index is 207. The molecular formula is C11H18O3. The van der Waals surface area contributed by atoms with Crippen LogP contribution in [0.5, 0.6) is 0 Å². The second-order valence-corrected chi connectivity index (χ2v) is 2.96. The lowest BCUT2D eigenvalue weighted by Crippen LogP contribution is -2.06. The van der Waals surface area contributed by atoms with Crippen molar-refractivity contribution in [3.63, 3.8) is 0 Å². The van der Waals surface area contributed by atoms with Crippen molar-refractivity contribution in [1.29, 1.82) is 0 Å². The van der Waals surface area contributed by atoms with Crippen molar-refractivity contribution in [2.75, 3.05) is 13.2 Å². The Morgan fingerprint density at radius 2 is 2.00 bits per heavy atom. The lowest BCUT2D eigenvalue weighted by Gasteiger charge is -2.03. The fourth-order valence-corrected chi connectivity index (χ4v) is 0.740. The van der Waals surface area contributed by atoms with Crippen molar-refractivity contribution in [3.8, 4) is 0 Å². The van der Waals surface area contributed by atoms with E-state index in [1.54, 1.807) is 13.2 Å². The minimum atomic E-state index is -0.320. The van der Waals surface area contributed by atoms with Gasteiger partial charge in [-0.3, -0.25) is 0 Å². The minimum Gasteiger partial charge on any atom is -0.502 e. The highest BCUT2D eigenvalue weighted by Crippen LogP contribution is 1.96. The average Bonchev–Trinajstić information content (AvgIpc) is 2.16. The fourth-order valence-electron chi connectivity index (χ4n) is 0.740. The molecule has 14 heavy (non-hydrogen) atoms. The molecule has 0 saturated heterocycles. The number of unbranched alkanes of at least 4 members (excludes halogenated alkanes) is 1. The van der Waals surface area contributed by atoms with Gasteiger partial charge in [-0.2, -0.15) is 0 Å². The molecule has 0 atom stereocenters. The number of hydrogen-bond acceptors (Lipinski definition) is 3. The van der Waals surface area contributed by atoms with Crippen LogP contribution in [0.1, 0.15) is 26.7 Å². The largest absolute Gasteiger partial charge is 0.502 e. The van der Waals surface area contributed by atoms with Crippen LogP contribution in [0.3, 0.4) is 0 Å². The fraction of sp³-hybridized carbons (Fsp3) is 0.545. The lowest BCUT2D eigenvalue weighted by molar-refractivity contribution is -0.139. The van der Waals surface area contributed by atoms with Crippen LogP contribution in [0.15, 0.2) is 24.5 Å². The van der Waals surface area contributed by atoms with Crippen molar-refractivity contribution in [1.82, 2.24) is 0 Å². The Balaban J connectivity index is 3.21. The number of ether oxygens (including phenoxy) is 2. The predicted molar refractivity (Wildman–Crippen MR) is 55.8 cm³/mol. The van der Waals surface area contributed by atoms with E-state index in [9.17, 15) is 4.79 Å². The summed E-state index contributed by atoms with van der Waals surface area (Å²) in [5.74, 6) is -0.320. The van der Waals surface area contributed by atoms with E-state index in [2.05, 4.69) is 6.58 Å². The molecule has 0 radical (unpaired) electrons. The van der Waals surface area contributed by atoms with E-state index in [4.69, 9.17) is 9.47 Å². The van der Waals surface area contributed by atoms with Gasteiger partial charge in [0.05, 0.1) is 19.5 Å². The molecule has 0 heterocycles. The normalized spacial score (nSPS) is 10.1. The lowest BCUT2D eigenvalue weighted by atomic mass is 10.3. The van der Waals surface area contributed by atoms with Crippen LogP contribution >= 0.6 is 0 Å². The first kappa shape index (κ1) is 12.8. The highest BCUT2D eigenvalue weighted by atomic mass is 16.5. The zero-order chi connectivity index (χ0) is 10.8. The quantitative estimate of drug-likeness (QED) is 0.273. The van der Waals surface area contributed by atoms with E-state index in [1.807, 2.05) is 13.0 Å². The third-order valence-electron chi connectivity index (χ3n) is 1.47. The molecule has 0 aromatic rings. The Morgan fingerprint density at radius 3 is 2.57 bits per heavy atom. The van der Waals surface area contributed by atoms with Gasteiger partial charge >= 0.3 is 5.97 Å². The van der Waals surface area contributed by atoms with E-state index in [0.717, 1.165) is 12.8 Å². The van der Waals surface area contributed by atoms with E-state index < -0.39 is 0 Å². The molecule has 0 aliphatic rings. The molecule has 0 aromatic carbocycles. The average molecular weight is 198 g/mol. The molecule has 0 fully saturated rings. The van der Waals surface area contributed by atoms with E-state index in [-0.39, 0.29) is 5.97 Å². The third kappa shape index (κ3) is 7.40. The summed E-state index contributed by atoms with van der Waals surface area (Å²) in [6, 6.07) is 0. The van der Waals surface area contributed by atoms with Gasteiger partial charge in [-0.15, -0.1) is 0 Å². The molecule has 3 heteroatoms. The predicted octanol–water partition coefficient (Wildman–Crippen LogP) is 2.44. The van der Waals surface area contributed by atoms with Gasteiger partial charge in [-0.05, 0) is 26.7 Å². The van der Waals surface area contributed by atoms with Crippen molar-refractivity contribution >= 4 is 5.97 Å². The van der Waals surface area contributed by atoms with E-state index >= 15 is 0 Å². The van der Waals surface area contributed by atoms with Crippen LogP contribution in [0.2, 0.25) is 0 Å². The smallest absolute Gasteiger partial charge is 0.333 e. The molecule has 0 amide bonds. The monoisotopic (exact) mass is 198 g/mol.